The van der Waals surface area contributed by atoms with Gasteiger partial charge in [0.15, 0.2) is 0 Å². The average molecular weight is 300 g/mol. The highest BCUT2D eigenvalue weighted by Crippen LogP contribution is 2.27. The van der Waals surface area contributed by atoms with Crippen LogP contribution in [0.25, 0.3) is 0 Å². The molecule has 5 heteroatoms. The second-order valence-corrected chi connectivity index (χ2v) is 6.65. The molecule has 2 N–H and O–H groups in total. The van der Waals surface area contributed by atoms with E-state index in [1.807, 2.05) is 13.8 Å². The first kappa shape index (κ1) is 18.4. The van der Waals surface area contributed by atoms with E-state index in [1.165, 1.54) is 12.8 Å². The minimum atomic E-state index is -0.814. The molecule has 1 rings (SSSR count). The van der Waals surface area contributed by atoms with Crippen LogP contribution >= 0.6 is 0 Å². The predicted octanol–water partition coefficient (Wildman–Crippen LogP) is 2.11. The van der Waals surface area contributed by atoms with Crippen molar-refractivity contribution in [3.8, 4) is 0 Å². The molecule has 0 amide bonds. The van der Waals surface area contributed by atoms with E-state index in [1.54, 1.807) is 14.0 Å². The van der Waals surface area contributed by atoms with Gasteiger partial charge in [0, 0.05) is 25.7 Å². The Bertz CT molecular complexity index is 319. The van der Waals surface area contributed by atoms with Gasteiger partial charge >= 0.3 is 5.97 Å². The summed E-state index contributed by atoms with van der Waals surface area (Å²) in [4.78, 5) is 13.9. The summed E-state index contributed by atoms with van der Waals surface area (Å²) < 4.78 is 5.16. The lowest BCUT2D eigenvalue weighted by Gasteiger charge is -2.29. The number of hydrogen-bond donors (Lipinski definition) is 2. The van der Waals surface area contributed by atoms with Crippen molar-refractivity contribution in [1.82, 2.24) is 10.2 Å². The summed E-state index contributed by atoms with van der Waals surface area (Å²) in [6, 6.07) is 0.913. The molecule has 0 aromatic rings. The first-order valence-electron chi connectivity index (χ1n) is 8.13. The summed E-state index contributed by atoms with van der Waals surface area (Å²) in [5, 5.41) is 12.6. The van der Waals surface area contributed by atoms with Gasteiger partial charge in [-0.05, 0) is 59.4 Å². The van der Waals surface area contributed by atoms with E-state index in [-0.39, 0.29) is 6.04 Å². The maximum Gasteiger partial charge on any atom is 0.323 e. The average Bonchev–Trinajstić information content (AvgIpc) is 3.21. The molecule has 0 saturated heterocycles. The first-order valence-corrected chi connectivity index (χ1v) is 8.13. The van der Waals surface area contributed by atoms with Gasteiger partial charge in [-0.25, -0.2) is 0 Å². The van der Waals surface area contributed by atoms with Crippen LogP contribution in [0.15, 0.2) is 0 Å². The molecule has 1 aliphatic carbocycles. The second kappa shape index (κ2) is 8.71. The predicted molar refractivity (Wildman–Crippen MR) is 84.6 cm³/mol. The zero-order valence-electron chi connectivity index (χ0n) is 14.0. The molecule has 1 unspecified atom stereocenters. The number of carboxylic acids is 1. The molecule has 0 aromatic heterocycles. The van der Waals surface area contributed by atoms with Crippen molar-refractivity contribution in [2.75, 3.05) is 26.8 Å². The highest BCUT2D eigenvalue weighted by Gasteiger charge is 2.33. The number of methoxy groups -OCH3 is 1. The largest absolute Gasteiger partial charge is 0.480 e. The molecule has 1 fully saturated rings. The molecule has 0 heterocycles. The van der Waals surface area contributed by atoms with Gasteiger partial charge in [0.25, 0.3) is 0 Å². The quantitative estimate of drug-likeness (QED) is 0.541. The number of unbranched alkanes of at least 4 members (excludes halogenated alkanes) is 1. The molecule has 0 bridgehead atoms. The third-order valence-electron chi connectivity index (χ3n) is 4.10. The highest BCUT2D eigenvalue weighted by atomic mass is 16.5. The molecule has 0 spiro atoms. The fourth-order valence-electron chi connectivity index (χ4n) is 2.80. The monoisotopic (exact) mass is 300 g/mol. The van der Waals surface area contributed by atoms with Crippen LogP contribution < -0.4 is 5.32 Å². The lowest BCUT2D eigenvalue weighted by Crippen LogP contribution is -2.52. The Hall–Kier alpha value is -0.650. The molecule has 1 aliphatic rings. The lowest BCUT2D eigenvalue weighted by molar-refractivity contribution is -0.144. The molecule has 0 aromatic carbocycles. The number of ether oxygens (including phenoxy) is 1. The van der Waals surface area contributed by atoms with Crippen LogP contribution in [-0.4, -0.2) is 60.4 Å². The third-order valence-corrected chi connectivity index (χ3v) is 4.10. The fraction of sp³-hybridized carbons (Fsp3) is 0.938. The Kier molecular flexibility index (Phi) is 7.63. The summed E-state index contributed by atoms with van der Waals surface area (Å²) in [5.41, 5.74) is -0.814. The number of nitrogens with zero attached hydrogens (tertiary/aromatic N) is 1. The van der Waals surface area contributed by atoms with Crippen LogP contribution in [0.1, 0.15) is 52.9 Å². The zero-order valence-corrected chi connectivity index (χ0v) is 14.0. The Morgan fingerprint density at radius 3 is 2.52 bits per heavy atom. The normalized spacial score (nSPS) is 18.2. The van der Waals surface area contributed by atoms with Crippen LogP contribution in [0.3, 0.4) is 0 Å². The number of aliphatic carboxylic acids is 1. The van der Waals surface area contributed by atoms with Crippen molar-refractivity contribution < 1.29 is 14.6 Å². The molecular weight excluding hydrogens is 268 g/mol. The summed E-state index contributed by atoms with van der Waals surface area (Å²) in [6.07, 6.45) is 5.24. The van der Waals surface area contributed by atoms with E-state index in [0.29, 0.717) is 6.42 Å². The fourth-order valence-corrected chi connectivity index (χ4v) is 2.80. The number of carboxylic acid groups (broad SMARTS) is 1. The molecule has 21 heavy (non-hydrogen) atoms. The Morgan fingerprint density at radius 1 is 1.38 bits per heavy atom. The molecule has 5 nitrogen and oxygen atoms in total. The van der Waals surface area contributed by atoms with Crippen molar-refractivity contribution in [3.63, 3.8) is 0 Å². The van der Waals surface area contributed by atoms with Crippen molar-refractivity contribution in [2.24, 2.45) is 0 Å². The SMILES string of the molecule is COCCN(CCCCC(C)(NC(C)C)C(=O)O)C1CC1. The summed E-state index contributed by atoms with van der Waals surface area (Å²) in [7, 11) is 1.74. The van der Waals surface area contributed by atoms with Crippen LogP contribution in [-0.2, 0) is 9.53 Å². The first-order chi connectivity index (χ1) is 9.89. The van der Waals surface area contributed by atoms with Gasteiger partial charge in [-0.1, -0.05) is 0 Å². The van der Waals surface area contributed by atoms with Gasteiger partial charge in [-0.3, -0.25) is 15.0 Å². The zero-order chi connectivity index (χ0) is 15.9. The maximum absolute atomic E-state index is 11.5. The van der Waals surface area contributed by atoms with E-state index in [4.69, 9.17) is 4.74 Å². The van der Waals surface area contributed by atoms with E-state index in [9.17, 15) is 9.90 Å². The summed E-state index contributed by atoms with van der Waals surface area (Å²) >= 11 is 0. The Balaban J connectivity index is 2.31. The van der Waals surface area contributed by atoms with Gasteiger partial charge in [0.1, 0.15) is 5.54 Å². The smallest absolute Gasteiger partial charge is 0.323 e. The van der Waals surface area contributed by atoms with Crippen LogP contribution in [0, 0.1) is 0 Å². The Morgan fingerprint density at radius 2 is 2.05 bits per heavy atom. The maximum atomic E-state index is 11.5. The van der Waals surface area contributed by atoms with E-state index >= 15 is 0 Å². The van der Waals surface area contributed by atoms with Crippen molar-refractivity contribution in [2.45, 2.75) is 70.5 Å². The minimum Gasteiger partial charge on any atom is -0.480 e. The van der Waals surface area contributed by atoms with Gasteiger partial charge in [-0.2, -0.15) is 0 Å². The summed E-state index contributed by atoms with van der Waals surface area (Å²) in [6.45, 7) is 8.58. The van der Waals surface area contributed by atoms with E-state index in [2.05, 4.69) is 10.2 Å². The molecule has 0 radical (unpaired) electrons. The summed E-state index contributed by atoms with van der Waals surface area (Å²) in [5.74, 6) is -0.755. The van der Waals surface area contributed by atoms with Crippen LogP contribution in [0.4, 0.5) is 0 Å². The lowest BCUT2D eigenvalue weighted by atomic mass is 9.94. The highest BCUT2D eigenvalue weighted by molar-refractivity contribution is 5.78. The van der Waals surface area contributed by atoms with E-state index in [0.717, 1.165) is 38.6 Å². The van der Waals surface area contributed by atoms with E-state index < -0.39 is 11.5 Å². The standard InChI is InChI=1S/C16H32N2O3/c1-13(2)17-16(3,15(19)20)9-5-6-10-18(11-12-21-4)14-7-8-14/h13-14,17H,5-12H2,1-4H3,(H,19,20). The second-order valence-electron chi connectivity index (χ2n) is 6.65. The van der Waals surface area contributed by atoms with Crippen molar-refractivity contribution in [1.29, 1.82) is 0 Å². The van der Waals surface area contributed by atoms with Crippen LogP contribution in [0.2, 0.25) is 0 Å². The van der Waals surface area contributed by atoms with Gasteiger partial charge in [0.2, 0.25) is 0 Å². The van der Waals surface area contributed by atoms with Gasteiger partial charge in [0.05, 0.1) is 6.61 Å². The number of nitrogens with one attached hydrogen (secondary N) is 1. The van der Waals surface area contributed by atoms with Crippen molar-refractivity contribution in [3.05, 3.63) is 0 Å². The molecular formula is C16H32N2O3. The number of carbonyl (C=O) groups is 1. The Labute approximate surface area is 129 Å². The van der Waals surface area contributed by atoms with Gasteiger partial charge in [-0.15, -0.1) is 0 Å². The third kappa shape index (κ3) is 6.76. The van der Waals surface area contributed by atoms with Gasteiger partial charge < -0.3 is 9.84 Å². The molecule has 1 saturated carbocycles. The molecule has 1 atom stereocenters. The molecule has 0 aliphatic heterocycles. The minimum absolute atomic E-state index is 0.177. The molecule has 124 valence electrons. The number of hydrogen-bond acceptors (Lipinski definition) is 4. The van der Waals surface area contributed by atoms with Crippen LogP contribution in [0.5, 0.6) is 0 Å². The topological polar surface area (TPSA) is 61.8 Å². The number of rotatable bonds is 12. The van der Waals surface area contributed by atoms with Crippen molar-refractivity contribution >= 4 is 5.97 Å².